The van der Waals surface area contributed by atoms with E-state index in [1.54, 1.807) is 12.1 Å². The minimum atomic E-state index is -3.87. The fourth-order valence-electron chi connectivity index (χ4n) is 2.76. The Labute approximate surface area is 124 Å². The van der Waals surface area contributed by atoms with Crippen molar-refractivity contribution in [3.05, 3.63) is 24.3 Å². The third-order valence-corrected chi connectivity index (χ3v) is 4.80. The number of primary sulfonamides is 1. The van der Waals surface area contributed by atoms with Crippen molar-refractivity contribution in [3.8, 4) is 0 Å². The van der Waals surface area contributed by atoms with Gasteiger partial charge in [0.15, 0.2) is 0 Å². The monoisotopic (exact) mass is 311 g/mol. The Bertz CT molecular complexity index is 622. The van der Waals surface area contributed by atoms with Crippen molar-refractivity contribution in [1.82, 2.24) is 0 Å². The van der Waals surface area contributed by atoms with Crippen LogP contribution in [0.1, 0.15) is 38.5 Å². The number of para-hydroxylation sites is 1. The molecule has 0 heterocycles. The zero-order chi connectivity index (χ0) is 15.5. The number of rotatable bonds is 4. The molecule has 5 N–H and O–H groups in total. The van der Waals surface area contributed by atoms with Crippen LogP contribution in [0.15, 0.2) is 29.2 Å². The van der Waals surface area contributed by atoms with Gasteiger partial charge in [-0.2, -0.15) is 0 Å². The SMILES string of the molecule is NC1(CC(=O)Nc2ccccc2S(N)(=O)=O)CCCCC1. The first-order chi connectivity index (χ1) is 9.80. The molecule has 1 aromatic rings. The smallest absolute Gasteiger partial charge is 0.240 e. The van der Waals surface area contributed by atoms with Crippen molar-refractivity contribution in [2.75, 3.05) is 5.32 Å². The van der Waals surface area contributed by atoms with Crippen LogP contribution in [0, 0.1) is 0 Å². The third-order valence-electron chi connectivity index (χ3n) is 3.83. The molecule has 0 radical (unpaired) electrons. The first kappa shape index (κ1) is 15.9. The summed E-state index contributed by atoms with van der Waals surface area (Å²) in [5, 5.41) is 7.75. The van der Waals surface area contributed by atoms with Gasteiger partial charge in [-0.15, -0.1) is 0 Å². The second kappa shape index (κ2) is 6.13. The van der Waals surface area contributed by atoms with Gasteiger partial charge in [-0.05, 0) is 25.0 Å². The average Bonchev–Trinajstić information content (AvgIpc) is 2.38. The normalized spacial score (nSPS) is 18.2. The van der Waals surface area contributed by atoms with Gasteiger partial charge >= 0.3 is 0 Å². The van der Waals surface area contributed by atoms with Crippen LogP contribution in [0.4, 0.5) is 5.69 Å². The number of carbonyl (C=O) groups excluding carboxylic acids is 1. The molecule has 21 heavy (non-hydrogen) atoms. The first-order valence-electron chi connectivity index (χ1n) is 7.01. The van der Waals surface area contributed by atoms with Crippen LogP contribution >= 0.6 is 0 Å². The quantitative estimate of drug-likeness (QED) is 0.777. The Balaban J connectivity index is 2.10. The summed E-state index contributed by atoms with van der Waals surface area (Å²) in [4.78, 5) is 12.0. The number of anilines is 1. The predicted molar refractivity (Wildman–Crippen MR) is 81.1 cm³/mol. The van der Waals surface area contributed by atoms with Crippen LogP contribution in [0.3, 0.4) is 0 Å². The first-order valence-corrected chi connectivity index (χ1v) is 8.55. The van der Waals surface area contributed by atoms with Gasteiger partial charge in [0.05, 0.1) is 5.69 Å². The standard InChI is InChI=1S/C14H21N3O3S/c15-14(8-4-1-5-9-14)10-13(18)17-11-6-2-3-7-12(11)21(16,19)20/h2-3,6-7H,1,4-5,8-10,15H2,(H,17,18)(H2,16,19,20). The molecule has 0 aromatic heterocycles. The van der Waals surface area contributed by atoms with Gasteiger partial charge in [0.1, 0.15) is 4.90 Å². The summed E-state index contributed by atoms with van der Waals surface area (Å²) < 4.78 is 23.0. The van der Waals surface area contributed by atoms with Gasteiger partial charge in [0.2, 0.25) is 15.9 Å². The molecule has 0 aliphatic heterocycles. The molecule has 1 aliphatic carbocycles. The van der Waals surface area contributed by atoms with E-state index in [0.717, 1.165) is 32.1 Å². The highest BCUT2D eigenvalue weighted by Gasteiger charge is 2.30. The topological polar surface area (TPSA) is 115 Å². The van der Waals surface area contributed by atoms with Crippen LogP contribution in [0.2, 0.25) is 0 Å². The number of sulfonamides is 1. The van der Waals surface area contributed by atoms with E-state index in [0.29, 0.717) is 0 Å². The van der Waals surface area contributed by atoms with Crippen LogP contribution in [0.5, 0.6) is 0 Å². The average molecular weight is 311 g/mol. The van der Waals surface area contributed by atoms with E-state index in [1.165, 1.54) is 12.1 Å². The maximum atomic E-state index is 12.1. The summed E-state index contributed by atoms with van der Waals surface area (Å²) in [6.45, 7) is 0. The lowest BCUT2D eigenvalue weighted by atomic mass is 9.80. The van der Waals surface area contributed by atoms with Gasteiger partial charge in [0.25, 0.3) is 0 Å². The fraction of sp³-hybridized carbons (Fsp3) is 0.500. The summed E-state index contributed by atoms with van der Waals surface area (Å²) in [7, 11) is -3.87. The number of nitrogens with two attached hydrogens (primary N) is 2. The predicted octanol–water partition coefficient (Wildman–Crippen LogP) is 1.32. The van der Waals surface area contributed by atoms with Crippen molar-refractivity contribution in [1.29, 1.82) is 0 Å². The molecule has 0 unspecified atom stereocenters. The number of hydrogen-bond donors (Lipinski definition) is 3. The highest BCUT2D eigenvalue weighted by atomic mass is 32.2. The molecule has 1 saturated carbocycles. The molecule has 0 atom stereocenters. The molecule has 116 valence electrons. The summed E-state index contributed by atoms with van der Waals surface area (Å²) in [5.41, 5.74) is 5.95. The zero-order valence-electron chi connectivity index (χ0n) is 11.8. The van der Waals surface area contributed by atoms with E-state index in [-0.39, 0.29) is 22.9 Å². The number of amides is 1. The Morgan fingerprint density at radius 3 is 2.43 bits per heavy atom. The molecule has 1 aliphatic rings. The van der Waals surface area contributed by atoms with Gasteiger partial charge in [-0.25, -0.2) is 13.6 Å². The number of carbonyl (C=O) groups is 1. The Kier molecular flexibility index (Phi) is 4.65. The van der Waals surface area contributed by atoms with Crippen LogP contribution < -0.4 is 16.2 Å². The molecule has 1 fully saturated rings. The third kappa shape index (κ3) is 4.26. The molecule has 1 aromatic carbocycles. The van der Waals surface area contributed by atoms with E-state index in [4.69, 9.17) is 10.9 Å². The Morgan fingerprint density at radius 1 is 1.19 bits per heavy atom. The van der Waals surface area contributed by atoms with Crippen LogP contribution in [-0.4, -0.2) is 19.9 Å². The molecule has 2 rings (SSSR count). The van der Waals surface area contributed by atoms with Crippen molar-refractivity contribution in [2.24, 2.45) is 10.9 Å². The van der Waals surface area contributed by atoms with Crippen molar-refractivity contribution < 1.29 is 13.2 Å². The lowest BCUT2D eigenvalue weighted by Gasteiger charge is -2.32. The van der Waals surface area contributed by atoms with Crippen molar-refractivity contribution in [3.63, 3.8) is 0 Å². The van der Waals surface area contributed by atoms with E-state index >= 15 is 0 Å². The number of benzene rings is 1. The van der Waals surface area contributed by atoms with Gasteiger partial charge < -0.3 is 11.1 Å². The largest absolute Gasteiger partial charge is 0.325 e. The van der Waals surface area contributed by atoms with Crippen LogP contribution in [0.25, 0.3) is 0 Å². The molecule has 1 amide bonds. The Hall–Kier alpha value is -1.44. The lowest BCUT2D eigenvalue weighted by Crippen LogP contribution is -2.44. The van der Waals surface area contributed by atoms with E-state index in [1.807, 2.05) is 0 Å². The second-order valence-corrected chi connectivity index (χ2v) is 7.22. The molecule has 0 saturated heterocycles. The van der Waals surface area contributed by atoms with E-state index in [2.05, 4.69) is 5.32 Å². The molecule has 0 bridgehead atoms. The maximum Gasteiger partial charge on any atom is 0.240 e. The second-order valence-electron chi connectivity index (χ2n) is 5.69. The molecular weight excluding hydrogens is 290 g/mol. The Morgan fingerprint density at radius 2 is 1.81 bits per heavy atom. The minimum Gasteiger partial charge on any atom is -0.325 e. The fourth-order valence-corrected chi connectivity index (χ4v) is 3.46. The van der Waals surface area contributed by atoms with Gasteiger partial charge in [0, 0.05) is 12.0 Å². The summed E-state index contributed by atoms with van der Waals surface area (Å²) in [6.07, 6.45) is 5.02. The van der Waals surface area contributed by atoms with E-state index < -0.39 is 15.6 Å². The van der Waals surface area contributed by atoms with E-state index in [9.17, 15) is 13.2 Å². The summed E-state index contributed by atoms with van der Waals surface area (Å²) in [6, 6.07) is 6.08. The molecule has 7 heteroatoms. The van der Waals surface area contributed by atoms with Crippen molar-refractivity contribution in [2.45, 2.75) is 49.0 Å². The molecular formula is C14H21N3O3S. The lowest BCUT2D eigenvalue weighted by molar-refractivity contribution is -0.117. The number of nitrogens with one attached hydrogen (secondary N) is 1. The van der Waals surface area contributed by atoms with Gasteiger partial charge in [-0.3, -0.25) is 4.79 Å². The highest BCUT2D eigenvalue weighted by Crippen LogP contribution is 2.29. The zero-order valence-corrected chi connectivity index (χ0v) is 12.7. The highest BCUT2D eigenvalue weighted by molar-refractivity contribution is 7.89. The molecule has 6 nitrogen and oxygen atoms in total. The summed E-state index contributed by atoms with van der Waals surface area (Å²) >= 11 is 0. The van der Waals surface area contributed by atoms with Crippen molar-refractivity contribution >= 4 is 21.6 Å². The maximum absolute atomic E-state index is 12.1. The van der Waals surface area contributed by atoms with Crippen LogP contribution in [-0.2, 0) is 14.8 Å². The van der Waals surface area contributed by atoms with Gasteiger partial charge in [-0.1, -0.05) is 31.4 Å². The minimum absolute atomic E-state index is 0.0898. The number of hydrogen-bond acceptors (Lipinski definition) is 4. The molecule has 0 spiro atoms. The summed E-state index contributed by atoms with van der Waals surface area (Å²) in [5.74, 6) is -0.282.